The number of halogens is 4. The lowest BCUT2D eigenvalue weighted by molar-refractivity contribution is 0.144. The Morgan fingerprint density at radius 2 is 2.00 bits per heavy atom. The molecule has 0 aromatic heterocycles. The van der Waals surface area contributed by atoms with E-state index < -0.39 is 11.6 Å². The van der Waals surface area contributed by atoms with Crippen molar-refractivity contribution in [1.82, 2.24) is 0 Å². The van der Waals surface area contributed by atoms with Crippen LogP contribution in [0.3, 0.4) is 0 Å². The molecule has 0 saturated heterocycles. The fraction of sp³-hybridized carbons (Fsp3) is 0.200. The molecule has 0 bridgehead atoms. The highest BCUT2D eigenvalue weighted by Gasteiger charge is 2.24. The Bertz CT molecular complexity index is 691. The van der Waals surface area contributed by atoms with E-state index in [9.17, 15) is 13.2 Å². The van der Waals surface area contributed by atoms with Crippen LogP contribution in [-0.4, -0.2) is 12.7 Å². The quantitative estimate of drug-likeness (QED) is 0.763. The third-order valence-corrected chi connectivity index (χ3v) is 3.61. The molecule has 2 aromatic carbocycles. The van der Waals surface area contributed by atoms with Crippen molar-refractivity contribution >= 4 is 15.9 Å². The van der Waals surface area contributed by atoms with Crippen molar-refractivity contribution < 1.29 is 22.6 Å². The maximum atomic E-state index is 13.6. The van der Waals surface area contributed by atoms with Gasteiger partial charge in [0, 0.05) is 16.5 Å². The van der Waals surface area contributed by atoms with Gasteiger partial charge in [-0.1, -0.05) is 15.9 Å². The first kappa shape index (κ1) is 14.3. The molecule has 6 heteroatoms. The lowest BCUT2D eigenvalue weighted by atomic mass is 10.1. The van der Waals surface area contributed by atoms with Gasteiger partial charge in [0.15, 0.2) is 11.6 Å². The maximum Gasteiger partial charge on any atom is 0.200 e. The predicted molar refractivity (Wildman–Crippen MR) is 74.1 cm³/mol. The normalized spacial score (nSPS) is 16.5. The molecule has 0 radical (unpaired) electrons. The molecule has 0 N–H and O–H groups in total. The minimum Gasteiger partial charge on any atom is -0.486 e. The highest BCUT2D eigenvalue weighted by Crippen LogP contribution is 2.30. The highest BCUT2D eigenvalue weighted by molar-refractivity contribution is 9.10. The number of rotatable bonds is 3. The van der Waals surface area contributed by atoms with Crippen molar-refractivity contribution in [2.24, 2.45) is 0 Å². The van der Waals surface area contributed by atoms with E-state index in [1.54, 1.807) is 6.07 Å². The van der Waals surface area contributed by atoms with E-state index in [2.05, 4.69) is 15.9 Å². The summed E-state index contributed by atoms with van der Waals surface area (Å²) in [5, 5.41) is 0. The van der Waals surface area contributed by atoms with Gasteiger partial charge in [-0.3, -0.25) is 0 Å². The standard InChI is InChI=1S/C15H10BrF3O2/c16-9-5-12(18)15(19)14(6-9)20-7-11-4-8-3-10(17)1-2-13(8)21-11/h1-3,5-6,11H,4,7H2. The lowest BCUT2D eigenvalue weighted by Gasteiger charge is -2.13. The molecule has 0 saturated carbocycles. The molecular weight excluding hydrogens is 349 g/mol. The van der Waals surface area contributed by atoms with E-state index in [4.69, 9.17) is 9.47 Å². The van der Waals surface area contributed by atoms with Crippen LogP contribution < -0.4 is 9.47 Å². The monoisotopic (exact) mass is 358 g/mol. The van der Waals surface area contributed by atoms with Gasteiger partial charge in [0.05, 0.1) is 0 Å². The van der Waals surface area contributed by atoms with Gasteiger partial charge in [-0.25, -0.2) is 8.78 Å². The highest BCUT2D eigenvalue weighted by atomic mass is 79.9. The molecule has 1 aliphatic heterocycles. The zero-order valence-electron chi connectivity index (χ0n) is 10.7. The molecule has 2 nitrogen and oxygen atoms in total. The van der Waals surface area contributed by atoms with Crippen molar-refractivity contribution in [3.8, 4) is 11.5 Å². The summed E-state index contributed by atoms with van der Waals surface area (Å²) in [6.45, 7) is 0.0448. The second-order valence-corrected chi connectivity index (χ2v) is 5.62. The smallest absolute Gasteiger partial charge is 0.200 e. The molecule has 3 rings (SSSR count). The van der Waals surface area contributed by atoms with Crippen LogP contribution in [0.4, 0.5) is 13.2 Å². The van der Waals surface area contributed by atoms with Crippen LogP contribution in [-0.2, 0) is 6.42 Å². The fourth-order valence-corrected chi connectivity index (χ4v) is 2.61. The summed E-state index contributed by atoms with van der Waals surface area (Å²) in [6, 6.07) is 6.62. The van der Waals surface area contributed by atoms with Crippen LogP contribution in [0.5, 0.6) is 11.5 Å². The van der Waals surface area contributed by atoms with Crippen molar-refractivity contribution in [3.05, 3.63) is 57.8 Å². The number of ether oxygens (including phenoxy) is 2. The average molecular weight is 359 g/mol. The molecule has 1 aliphatic rings. The molecular formula is C15H10BrF3O2. The van der Waals surface area contributed by atoms with Gasteiger partial charge in [-0.15, -0.1) is 0 Å². The molecule has 0 spiro atoms. The summed E-state index contributed by atoms with van der Waals surface area (Å²) in [4.78, 5) is 0. The van der Waals surface area contributed by atoms with Gasteiger partial charge in [-0.2, -0.15) is 4.39 Å². The maximum absolute atomic E-state index is 13.6. The zero-order valence-corrected chi connectivity index (χ0v) is 12.3. The predicted octanol–water partition coefficient (Wildman–Crippen LogP) is 4.25. The molecule has 21 heavy (non-hydrogen) atoms. The molecule has 2 aromatic rings. The van der Waals surface area contributed by atoms with Gasteiger partial charge in [0.25, 0.3) is 0 Å². The van der Waals surface area contributed by atoms with Crippen molar-refractivity contribution in [1.29, 1.82) is 0 Å². The van der Waals surface area contributed by atoms with Gasteiger partial charge in [-0.05, 0) is 30.3 Å². The van der Waals surface area contributed by atoms with E-state index in [1.807, 2.05) is 0 Å². The number of benzene rings is 2. The SMILES string of the molecule is Fc1ccc2c(c1)CC(COc1cc(Br)cc(F)c1F)O2. The first-order valence-corrected chi connectivity index (χ1v) is 7.04. The van der Waals surface area contributed by atoms with Crippen LogP contribution in [0.15, 0.2) is 34.8 Å². The average Bonchev–Trinajstić information content (AvgIpc) is 2.83. The molecule has 0 aliphatic carbocycles. The van der Waals surface area contributed by atoms with E-state index >= 15 is 0 Å². The second kappa shape index (κ2) is 5.60. The molecule has 1 heterocycles. The Balaban J connectivity index is 1.68. The van der Waals surface area contributed by atoms with Crippen LogP contribution in [0.25, 0.3) is 0 Å². The minimum atomic E-state index is -1.04. The van der Waals surface area contributed by atoms with E-state index in [1.165, 1.54) is 18.2 Å². The van der Waals surface area contributed by atoms with Crippen LogP contribution in [0, 0.1) is 17.5 Å². The van der Waals surface area contributed by atoms with Crippen molar-refractivity contribution in [3.63, 3.8) is 0 Å². The van der Waals surface area contributed by atoms with E-state index in [0.717, 1.165) is 11.6 Å². The lowest BCUT2D eigenvalue weighted by Crippen LogP contribution is -2.22. The Morgan fingerprint density at radius 3 is 2.81 bits per heavy atom. The van der Waals surface area contributed by atoms with E-state index in [0.29, 0.717) is 16.6 Å². The molecule has 0 fully saturated rings. The topological polar surface area (TPSA) is 18.5 Å². The Labute approximate surface area is 127 Å². The van der Waals surface area contributed by atoms with Gasteiger partial charge < -0.3 is 9.47 Å². The Hall–Kier alpha value is -1.69. The van der Waals surface area contributed by atoms with Crippen LogP contribution in [0.2, 0.25) is 0 Å². The summed E-state index contributed by atoms with van der Waals surface area (Å²) in [5.41, 5.74) is 0.740. The first-order valence-electron chi connectivity index (χ1n) is 6.25. The van der Waals surface area contributed by atoms with Crippen molar-refractivity contribution in [2.45, 2.75) is 12.5 Å². The van der Waals surface area contributed by atoms with Crippen molar-refractivity contribution in [2.75, 3.05) is 6.61 Å². The second-order valence-electron chi connectivity index (χ2n) is 4.71. The van der Waals surface area contributed by atoms with Gasteiger partial charge in [0.2, 0.25) is 5.82 Å². The first-order chi connectivity index (χ1) is 10.0. The molecule has 110 valence electrons. The molecule has 1 unspecified atom stereocenters. The molecule has 1 atom stereocenters. The van der Waals surface area contributed by atoms with E-state index in [-0.39, 0.29) is 24.3 Å². The summed E-state index contributed by atoms with van der Waals surface area (Å²) in [6.07, 6.45) is 0.105. The number of fused-ring (bicyclic) bond motifs is 1. The van der Waals surface area contributed by atoms with Crippen LogP contribution in [0.1, 0.15) is 5.56 Å². The Kier molecular flexibility index (Phi) is 3.80. The Morgan fingerprint density at radius 1 is 1.19 bits per heavy atom. The minimum absolute atomic E-state index is 0.0448. The number of hydrogen-bond donors (Lipinski definition) is 0. The summed E-state index contributed by atoms with van der Waals surface area (Å²) in [7, 11) is 0. The number of hydrogen-bond acceptors (Lipinski definition) is 2. The summed E-state index contributed by atoms with van der Waals surface area (Å²) >= 11 is 3.07. The molecule has 0 amide bonds. The van der Waals surface area contributed by atoms with Gasteiger partial charge in [0.1, 0.15) is 24.3 Å². The fourth-order valence-electron chi connectivity index (χ4n) is 2.20. The zero-order chi connectivity index (χ0) is 15.0. The third kappa shape index (κ3) is 3.00. The van der Waals surface area contributed by atoms with Gasteiger partial charge >= 0.3 is 0 Å². The largest absolute Gasteiger partial charge is 0.486 e. The third-order valence-electron chi connectivity index (χ3n) is 3.15. The van der Waals surface area contributed by atoms with Crippen LogP contribution >= 0.6 is 15.9 Å². The summed E-state index contributed by atoms with van der Waals surface area (Å²) in [5.74, 6) is -1.96. The summed E-state index contributed by atoms with van der Waals surface area (Å²) < 4.78 is 51.1.